The van der Waals surface area contributed by atoms with Crippen LogP contribution in [0.3, 0.4) is 0 Å². The zero-order chi connectivity index (χ0) is 29.0. The van der Waals surface area contributed by atoms with Crippen LogP contribution in [0, 0.1) is 5.41 Å². The normalized spacial score (nSPS) is 15.0. The standard InChI is InChI=1S/C27H34F3N5O3S/c1-25(2,3)22(36)38-16-26(4,18-9-6-10-19(14-18)27(28,29)30)34-23(39)33-20-11-5-8-17(21(20)31)15-32-24(37)35-12-7-13-35/h5-6,8-11,14H,7,12-13,15-16,31H2,1-4H3,(H,32,37)(H2,33,34,39). The van der Waals surface area contributed by atoms with E-state index >= 15 is 0 Å². The molecule has 2 aromatic carbocycles. The SMILES string of the molecule is CC(C)(C)C(=O)OCC(C)(NC(=S)Nc1cccc(CNC(=O)N2CCC2)c1N)c1cccc(C(F)(F)F)c1. The van der Waals surface area contributed by atoms with Gasteiger partial charge in [0.05, 0.1) is 27.9 Å². The first kappa shape index (κ1) is 30.0. The lowest BCUT2D eigenvalue weighted by Crippen LogP contribution is -2.49. The van der Waals surface area contributed by atoms with Crippen LogP contribution in [-0.4, -0.2) is 41.7 Å². The summed E-state index contributed by atoms with van der Waals surface area (Å²) in [4.78, 5) is 26.3. The van der Waals surface area contributed by atoms with Gasteiger partial charge in [-0.3, -0.25) is 4.79 Å². The molecule has 0 aliphatic carbocycles. The van der Waals surface area contributed by atoms with E-state index in [0.717, 1.165) is 31.6 Å². The van der Waals surface area contributed by atoms with Crippen molar-refractivity contribution in [2.24, 2.45) is 5.41 Å². The number of thiocarbonyl (C=S) groups is 1. The lowest BCUT2D eigenvalue weighted by molar-refractivity contribution is -0.155. The highest BCUT2D eigenvalue weighted by Crippen LogP contribution is 2.33. The van der Waals surface area contributed by atoms with E-state index in [4.69, 9.17) is 22.7 Å². The number of carbonyl (C=O) groups excluding carboxylic acids is 2. The van der Waals surface area contributed by atoms with Crippen molar-refractivity contribution in [1.82, 2.24) is 15.5 Å². The fourth-order valence-corrected chi connectivity index (χ4v) is 4.07. The van der Waals surface area contributed by atoms with Crippen LogP contribution in [0.15, 0.2) is 42.5 Å². The molecular formula is C27H34F3N5O3S. The van der Waals surface area contributed by atoms with E-state index in [2.05, 4.69) is 16.0 Å². The number of nitrogen functional groups attached to an aromatic ring is 1. The number of benzene rings is 2. The van der Waals surface area contributed by atoms with E-state index in [1.807, 2.05) is 0 Å². The number of nitrogens with zero attached hydrogens (tertiary/aromatic N) is 1. The van der Waals surface area contributed by atoms with Crippen molar-refractivity contribution < 1.29 is 27.5 Å². The topological polar surface area (TPSA) is 109 Å². The molecule has 0 spiro atoms. The first-order valence-corrected chi connectivity index (χ1v) is 12.9. The predicted octanol–water partition coefficient (Wildman–Crippen LogP) is 4.99. The molecule has 0 radical (unpaired) electrons. The second-order valence-electron chi connectivity index (χ2n) is 10.7. The molecule has 212 valence electrons. The van der Waals surface area contributed by atoms with Crippen LogP contribution >= 0.6 is 12.2 Å². The molecule has 1 aliphatic heterocycles. The Bertz CT molecular complexity index is 1230. The lowest BCUT2D eigenvalue weighted by Gasteiger charge is -2.34. The quantitative estimate of drug-likeness (QED) is 0.213. The summed E-state index contributed by atoms with van der Waals surface area (Å²) >= 11 is 5.49. The van der Waals surface area contributed by atoms with E-state index in [9.17, 15) is 22.8 Å². The number of rotatable bonds is 7. The van der Waals surface area contributed by atoms with Gasteiger partial charge < -0.3 is 31.3 Å². The van der Waals surface area contributed by atoms with E-state index in [0.29, 0.717) is 16.9 Å². The van der Waals surface area contributed by atoms with E-state index in [-0.39, 0.29) is 29.9 Å². The second-order valence-corrected chi connectivity index (χ2v) is 11.1. The molecular weight excluding hydrogens is 531 g/mol. The smallest absolute Gasteiger partial charge is 0.416 e. The number of anilines is 2. The van der Waals surface area contributed by atoms with Gasteiger partial charge in [-0.05, 0) is 75.7 Å². The Kier molecular flexibility index (Phi) is 8.99. The predicted molar refractivity (Wildman–Crippen MR) is 148 cm³/mol. The van der Waals surface area contributed by atoms with Gasteiger partial charge in [-0.15, -0.1) is 0 Å². The summed E-state index contributed by atoms with van der Waals surface area (Å²) in [5.41, 5.74) is 5.03. The Labute approximate surface area is 231 Å². The number of nitrogens with two attached hydrogens (primary N) is 1. The summed E-state index contributed by atoms with van der Waals surface area (Å²) in [5.74, 6) is -0.515. The largest absolute Gasteiger partial charge is 0.462 e. The number of carbonyl (C=O) groups is 2. The second kappa shape index (κ2) is 11.7. The monoisotopic (exact) mass is 565 g/mol. The molecule has 5 N–H and O–H groups in total. The molecule has 0 saturated carbocycles. The van der Waals surface area contributed by atoms with Crippen LogP contribution < -0.4 is 21.7 Å². The van der Waals surface area contributed by atoms with E-state index in [1.54, 1.807) is 50.8 Å². The van der Waals surface area contributed by atoms with Crippen molar-refractivity contribution in [3.63, 3.8) is 0 Å². The van der Waals surface area contributed by atoms with Gasteiger partial charge in [-0.2, -0.15) is 13.2 Å². The molecule has 1 saturated heterocycles. The number of hydrogen-bond donors (Lipinski definition) is 4. The number of nitrogens with one attached hydrogen (secondary N) is 3. The molecule has 0 bridgehead atoms. The molecule has 0 aromatic heterocycles. The number of likely N-dealkylation sites (tertiary alicyclic amines) is 1. The third-order valence-corrected chi connectivity index (χ3v) is 6.54. The Morgan fingerprint density at radius 2 is 1.69 bits per heavy atom. The van der Waals surface area contributed by atoms with Gasteiger partial charge in [-0.1, -0.05) is 24.3 Å². The first-order valence-electron chi connectivity index (χ1n) is 12.4. The molecule has 1 fully saturated rings. The number of amides is 2. The number of halogens is 3. The highest BCUT2D eigenvalue weighted by Gasteiger charge is 2.36. The van der Waals surface area contributed by atoms with Crippen LogP contribution in [0.1, 0.15) is 50.8 Å². The molecule has 1 atom stereocenters. The van der Waals surface area contributed by atoms with Crippen molar-refractivity contribution in [3.8, 4) is 0 Å². The molecule has 1 heterocycles. The first-order chi connectivity index (χ1) is 18.1. The molecule has 2 amide bonds. The Hall–Kier alpha value is -3.54. The maximum absolute atomic E-state index is 13.5. The highest BCUT2D eigenvalue weighted by molar-refractivity contribution is 7.80. The van der Waals surface area contributed by atoms with Crippen molar-refractivity contribution in [3.05, 3.63) is 59.2 Å². The summed E-state index contributed by atoms with van der Waals surface area (Å²) in [6.45, 7) is 8.00. The van der Waals surface area contributed by atoms with Crippen molar-refractivity contribution in [2.45, 2.75) is 52.4 Å². The van der Waals surface area contributed by atoms with Crippen LogP contribution in [-0.2, 0) is 27.8 Å². The van der Waals surface area contributed by atoms with Gasteiger partial charge in [0.1, 0.15) is 6.61 Å². The zero-order valence-corrected chi connectivity index (χ0v) is 23.2. The van der Waals surface area contributed by atoms with Gasteiger partial charge in [0.2, 0.25) is 0 Å². The summed E-state index contributed by atoms with van der Waals surface area (Å²) < 4.78 is 45.9. The maximum Gasteiger partial charge on any atom is 0.416 e. The summed E-state index contributed by atoms with van der Waals surface area (Å²) in [5, 5.41) is 8.88. The Balaban J connectivity index is 1.79. The fourth-order valence-electron chi connectivity index (χ4n) is 3.74. The number of para-hydroxylation sites is 1. The third-order valence-electron chi connectivity index (χ3n) is 6.34. The van der Waals surface area contributed by atoms with Crippen LogP contribution in [0.2, 0.25) is 0 Å². The molecule has 3 rings (SSSR count). The Morgan fingerprint density at radius 3 is 2.28 bits per heavy atom. The van der Waals surface area contributed by atoms with Gasteiger partial charge >= 0.3 is 18.2 Å². The van der Waals surface area contributed by atoms with Gasteiger partial charge in [-0.25, -0.2) is 4.79 Å². The van der Waals surface area contributed by atoms with Crippen molar-refractivity contribution in [1.29, 1.82) is 0 Å². The maximum atomic E-state index is 13.5. The molecule has 12 heteroatoms. The summed E-state index contributed by atoms with van der Waals surface area (Å²) in [6, 6.07) is 9.78. The van der Waals surface area contributed by atoms with Crippen LogP contribution in [0.5, 0.6) is 0 Å². The van der Waals surface area contributed by atoms with Crippen molar-refractivity contribution >= 4 is 40.7 Å². The number of ether oxygens (including phenoxy) is 1. The minimum atomic E-state index is -4.56. The number of hydrogen-bond acceptors (Lipinski definition) is 5. The number of urea groups is 1. The molecule has 2 aromatic rings. The van der Waals surface area contributed by atoms with E-state index < -0.39 is 28.7 Å². The van der Waals surface area contributed by atoms with Gasteiger partial charge in [0.15, 0.2) is 5.11 Å². The summed E-state index contributed by atoms with van der Waals surface area (Å²) in [7, 11) is 0. The molecule has 1 aliphatic rings. The molecule has 1 unspecified atom stereocenters. The summed E-state index contributed by atoms with van der Waals surface area (Å²) in [6.07, 6.45) is -3.58. The number of esters is 1. The van der Waals surface area contributed by atoms with Gasteiger partial charge in [0, 0.05) is 19.6 Å². The van der Waals surface area contributed by atoms with Crippen LogP contribution in [0.4, 0.5) is 29.3 Å². The minimum Gasteiger partial charge on any atom is -0.462 e. The zero-order valence-electron chi connectivity index (χ0n) is 22.4. The molecule has 39 heavy (non-hydrogen) atoms. The van der Waals surface area contributed by atoms with E-state index in [1.165, 1.54) is 12.1 Å². The average molecular weight is 566 g/mol. The highest BCUT2D eigenvalue weighted by atomic mass is 32.1. The number of alkyl halides is 3. The van der Waals surface area contributed by atoms with Gasteiger partial charge in [0.25, 0.3) is 0 Å². The molecule has 8 nitrogen and oxygen atoms in total. The Morgan fingerprint density at radius 1 is 1.05 bits per heavy atom. The van der Waals surface area contributed by atoms with Crippen molar-refractivity contribution in [2.75, 3.05) is 30.7 Å². The average Bonchev–Trinajstić information content (AvgIpc) is 2.81. The van der Waals surface area contributed by atoms with Crippen LogP contribution in [0.25, 0.3) is 0 Å². The third kappa shape index (κ3) is 7.75. The fraction of sp³-hybridized carbons (Fsp3) is 0.444. The lowest BCUT2D eigenvalue weighted by atomic mass is 9.91. The minimum absolute atomic E-state index is 0.0511.